The summed E-state index contributed by atoms with van der Waals surface area (Å²) in [5.74, 6) is -2.30. The second-order valence-corrected chi connectivity index (χ2v) is 5.26. The van der Waals surface area contributed by atoms with Crippen molar-refractivity contribution in [3.63, 3.8) is 0 Å². The number of carbonyl (C=O) groups is 1. The van der Waals surface area contributed by atoms with Crippen LogP contribution in [0.15, 0.2) is 18.2 Å². The van der Waals surface area contributed by atoms with Crippen LogP contribution < -0.4 is 0 Å². The van der Waals surface area contributed by atoms with E-state index in [2.05, 4.69) is 0 Å². The smallest absolute Gasteiger partial charge is 0.311 e. The number of hydrogen-bond acceptors (Lipinski definition) is 1. The van der Waals surface area contributed by atoms with Crippen molar-refractivity contribution in [3.05, 3.63) is 34.6 Å². The van der Waals surface area contributed by atoms with Crippen LogP contribution in [-0.4, -0.2) is 11.1 Å². The lowest BCUT2D eigenvalue weighted by atomic mass is 9.76. The third kappa shape index (κ3) is 2.66. The maximum absolute atomic E-state index is 14.0. The first kappa shape index (κ1) is 13.3. The Morgan fingerprint density at radius 2 is 2.00 bits per heavy atom. The van der Waals surface area contributed by atoms with Crippen LogP contribution in [0.5, 0.6) is 0 Å². The van der Waals surface area contributed by atoms with Crippen LogP contribution in [0.1, 0.15) is 43.6 Å². The Hall–Kier alpha value is -1.09. The number of aliphatic carboxylic acids is 1. The lowest BCUT2D eigenvalue weighted by Gasteiger charge is -2.28. The van der Waals surface area contributed by atoms with Gasteiger partial charge in [0.25, 0.3) is 0 Å². The van der Waals surface area contributed by atoms with Gasteiger partial charge in [-0.3, -0.25) is 4.79 Å². The summed E-state index contributed by atoms with van der Waals surface area (Å²) in [6.07, 6.45) is 4.89. The van der Waals surface area contributed by atoms with E-state index in [1.807, 2.05) is 0 Å². The number of benzene rings is 1. The summed E-state index contributed by atoms with van der Waals surface area (Å²) in [4.78, 5) is 11.5. The second-order valence-electron chi connectivity index (χ2n) is 4.86. The maximum atomic E-state index is 14.0. The maximum Gasteiger partial charge on any atom is 0.311 e. The lowest BCUT2D eigenvalue weighted by Crippen LogP contribution is -2.24. The molecule has 1 saturated carbocycles. The van der Waals surface area contributed by atoms with Gasteiger partial charge in [-0.1, -0.05) is 43.0 Å². The van der Waals surface area contributed by atoms with E-state index in [4.69, 9.17) is 11.6 Å². The highest BCUT2D eigenvalue weighted by Gasteiger charge is 2.33. The van der Waals surface area contributed by atoms with E-state index in [9.17, 15) is 14.3 Å². The number of rotatable bonds is 3. The molecule has 0 radical (unpaired) electrons. The second kappa shape index (κ2) is 5.70. The number of halogens is 2. The van der Waals surface area contributed by atoms with Gasteiger partial charge in [-0.25, -0.2) is 4.39 Å². The van der Waals surface area contributed by atoms with Crippen LogP contribution in [0.4, 0.5) is 4.39 Å². The largest absolute Gasteiger partial charge is 0.481 e. The molecule has 2 nitrogen and oxygen atoms in total. The molecule has 0 bridgehead atoms. The van der Waals surface area contributed by atoms with Gasteiger partial charge in [0.2, 0.25) is 0 Å². The van der Waals surface area contributed by atoms with Gasteiger partial charge in [0.05, 0.1) is 10.9 Å². The number of carboxylic acids is 1. The van der Waals surface area contributed by atoms with Crippen molar-refractivity contribution in [3.8, 4) is 0 Å². The predicted octanol–water partition coefficient (Wildman–Crippen LogP) is 4.23. The van der Waals surface area contributed by atoms with Crippen molar-refractivity contribution >= 4 is 17.6 Å². The van der Waals surface area contributed by atoms with Gasteiger partial charge in [-0.2, -0.15) is 0 Å². The molecule has 0 spiro atoms. The molecule has 98 valence electrons. The molecule has 0 saturated heterocycles. The predicted molar refractivity (Wildman–Crippen MR) is 68.4 cm³/mol. The molecule has 1 fully saturated rings. The first-order chi connectivity index (χ1) is 8.61. The first-order valence-electron chi connectivity index (χ1n) is 6.28. The van der Waals surface area contributed by atoms with Crippen LogP contribution in [0, 0.1) is 11.7 Å². The van der Waals surface area contributed by atoms with Crippen molar-refractivity contribution in [2.75, 3.05) is 0 Å². The Bertz CT molecular complexity index is 441. The molecule has 18 heavy (non-hydrogen) atoms. The normalized spacial score (nSPS) is 18.6. The van der Waals surface area contributed by atoms with Crippen LogP contribution in [0.2, 0.25) is 5.02 Å². The topological polar surface area (TPSA) is 37.3 Å². The molecule has 1 aliphatic carbocycles. The summed E-state index contributed by atoms with van der Waals surface area (Å²) in [6, 6.07) is 4.59. The third-order valence-corrected chi connectivity index (χ3v) is 4.00. The van der Waals surface area contributed by atoms with Gasteiger partial charge >= 0.3 is 5.97 Å². The first-order valence-corrected chi connectivity index (χ1v) is 6.65. The van der Waals surface area contributed by atoms with Crippen LogP contribution in [0.3, 0.4) is 0 Å². The number of hydrogen-bond donors (Lipinski definition) is 1. The third-order valence-electron chi connectivity index (χ3n) is 3.70. The fourth-order valence-corrected chi connectivity index (χ4v) is 3.00. The zero-order valence-corrected chi connectivity index (χ0v) is 10.8. The monoisotopic (exact) mass is 270 g/mol. The molecular formula is C14H16ClFO2. The molecule has 4 heteroatoms. The highest BCUT2D eigenvalue weighted by molar-refractivity contribution is 6.30. The van der Waals surface area contributed by atoms with Gasteiger partial charge < -0.3 is 5.11 Å². The summed E-state index contributed by atoms with van der Waals surface area (Å²) in [5.41, 5.74) is 0.224. The molecule has 1 aromatic rings. The van der Waals surface area contributed by atoms with Crippen molar-refractivity contribution in [1.29, 1.82) is 0 Å². The molecule has 2 rings (SSSR count). The Morgan fingerprint density at radius 1 is 1.33 bits per heavy atom. The zero-order valence-electron chi connectivity index (χ0n) is 10.0. The van der Waals surface area contributed by atoms with E-state index in [-0.39, 0.29) is 16.5 Å². The average molecular weight is 271 g/mol. The minimum atomic E-state index is -0.955. The summed E-state index contributed by atoms with van der Waals surface area (Å²) >= 11 is 5.73. The van der Waals surface area contributed by atoms with Crippen LogP contribution >= 0.6 is 11.6 Å². The molecule has 0 heterocycles. The Labute approximate surface area is 111 Å². The van der Waals surface area contributed by atoms with Crippen LogP contribution in [-0.2, 0) is 4.79 Å². The highest BCUT2D eigenvalue weighted by atomic mass is 35.5. The molecule has 0 aliphatic heterocycles. The minimum absolute atomic E-state index is 0.00504. The summed E-state index contributed by atoms with van der Waals surface area (Å²) in [5, 5.41) is 9.38. The molecule has 1 aliphatic rings. The van der Waals surface area contributed by atoms with Gasteiger partial charge in [-0.15, -0.1) is 0 Å². The Morgan fingerprint density at radius 3 is 2.61 bits per heavy atom. The zero-order chi connectivity index (χ0) is 13.1. The quantitative estimate of drug-likeness (QED) is 0.892. The standard InChI is InChI=1S/C14H16ClFO2/c15-11-8-4-7-10(13(11)16)12(14(17)18)9-5-2-1-3-6-9/h4,7-9,12H,1-3,5-6H2,(H,17,18). The van der Waals surface area contributed by atoms with Gasteiger partial charge in [0, 0.05) is 5.56 Å². The molecule has 0 amide bonds. The summed E-state index contributed by atoms with van der Waals surface area (Å²) in [6.45, 7) is 0. The van der Waals surface area contributed by atoms with E-state index in [1.165, 1.54) is 12.1 Å². The van der Waals surface area contributed by atoms with Crippen molar-refractivity contribution in [1.82, 2.24) is 0 Å². The van der Waals surface area contributed by atoms with E-state index in [0.29, 0.717) is 0 Å². The fraction of sp³-hybridized carbons (Fsp3) is 0.500. The van der Waals surface area contributed by atoms with Gasteiger partial charge in [0.15, 0.2) is 0 Å². The molecule has 1 unspecified atom stereocenters. The Balaban J connectivity index is 2.34. The fourth-order valence-electron chi connectivity index (χ4n) is 2.82. The van der Waals surface area contributed by atoms with Gasteiger partial charge in [-0.05, 0) is 24.8 Å². The molecular weight excluding hydrogens is 255 g/mol. The van der Waals surface area contributed by atoms with Crippen molar-refractivity contribution in [2.45, 2.75) is 38.0 Å². The van der Waals surface area contributed by atoms with Crippen molar-refractivity contribution in [2.24, 2.45) is 5.92 Å². The molecule has 0 aromatic heterocycles. The van der Waals surface area contributed by atoms with E-state index in [1.54, 1.807) is 6.07 Å². The minimum Gasteiger partial charge on any atom is -0.481 e. The SMILES string of the molecule is O=C(O)C(c1cccc(Cl)c1F)C1CCCCC1. The number of carboxylic acid groups (broad SMARTS) is 1. The van der Waals surface area contributed by atoms with E-state index >= 15 is 0 Å². The van der Waals surface area contributed by atoms with E-state index in [0.717, 1.165) is 32.1 Å². The van der Waals surface area contributed by atoms with Crippen LogP contribution in [0.25, 0.3) is 0 Å². The van der Waals surface area contributed by atoms with Crippen molar-refractivity contribution < 1.29 is 14.3 Å². The van der Waals surface area contributed by atoms with Gasteiger partial charge in [0.1, 0.15) is 5.82 Å². The molecule has 1 atom stereocenters. The lowest BCUT2D eigenvalue weighted by molar-refractivity contribution is -0.140. The summed E-state index contributed by atoms with van der Waals surface area (Å²) < 4.78 is 14.0. The van der Waals surface area contributed by atoms with E-state index < -0.39 is 17.7 Å². The summed E-state index contributed by atoms with van der Waals surface area (Å²) in [7, 11) is 0. The highest BCUT2D eigenvalue weighted by Crippen LogP contribution is 2.38. The Kier molecular flexibility index (Phi) is 4.23. The average Bonchev–Trinajstić information content (AvgIpc) is 2.36. The molecule has 1 aromatic carbocycles. The molecule has 1 N–H and O–H groups in total.